The highest BCUT2D eigenvalue weighted by Crippen LogP contribution is 2.73. The summed E-state index contributed by atoms with van der Waals surface area (Å²) in [6.07, 6.45) is 6.62. The van der Waals surface area contributed by atoms with Gasteiger partial charge in [0, 0.05) is 5.02 Å². The van der Waals surface area contributed by atoms with E-state index in [4.69, 9.17) is 16.3 Å². The maximum atomic E-state index is 13.1. The van der Waals surface area contributed by atoms with Gasteiger partial charge in [-0.3, -0.25) is 9.59 Å². The van der Waals surface area contributed by atoms with E-state index in [-0.39, 0.29) is 40.9 Å². The molecule has 0 N–H and O–H groups in total. The van der Waals surface area contributed by atoms with Gasteiger partial charge in [-0.15, -0.1) is 0 Å². The Bertz CT molecular complexity index is 748. The standard InChI is InChI=1S/C18H16ClNO3/c1-23-13-5-2-9(19)8-12(13)20-16(21)14-10-3-4-11(15(14)17(20)22)18(10)6-7-18/h2-5,8,10-11,14-15H,6-7H2,1H3/t10-,11-,14-,15+/m1/s1. The second-order valence-electron chi connectivity index (χ2n) is 7.05. The van der Waals surface area contributed by atoms with Crippen molar-refractivity contribution in [3.05, 3.63) is 35.4 Å². The summed E-state index contributed by atoms with van der Waals surface area (Å²) in [5, 5.41) is 0.484. The first-order valence-electron chi connectivity index (χ1n) is 7.98. The summed E-state index contributed by atoms with van der Waals surface area (Å²) in [6, 6.07) is 5.03. The lowest BCUT2D eigenvalue weighted by molar-refractivity contribution is -0.123. The number of halogens is 1. The Morgan fingerprint density at radius 1 is 1.13 bits per heavy atom. The number of carbonyl (C=O) groups is 2. The first kappa shape index (κ1) is 13.6. The predicted molar refractivity (Wildman–Crippen MR) is 85.3 cm³/mol. The number of nitrogens with zero attached hydrogens (tertiary/aromatic N) is 1. The van der Waals surface area contributed by atoms with E-state index in [2.05, 4.69) is 12.2 Å². The molecule has 23 heavy (non-hydrogen) atoms. The van der Waals surface area contributed by atoms with E-state index in [1.165, 1.54) is 12.0 Å². The van der Waals surface area contributed by atoms with E-state index in [9.17, 15) is 9.59 Å². The molecule has 5 rings (SSSR count). The van der Waals surface area contributed by atoms with Crippen molar-refractivity contribution in [2.24, 2.45) is 29.1 Å². The van der Waals surface area contributed by atoms with Crippen LogP contribution in [0.2, 0.25) is 5.02 Å². The van der Waals surface area contributed by atoms with Crippen LogP contribution in [0, 0.1) is 29.1 Å². The van der Waals surface area contributed by atoms with E-state index < -0.39 is 0 Å². The van der Waals surface area contributed by atoms with E-state index in [1.54, 1.807) is 18.2 Å². The molecule has 1 aliphatic heterocycles. The minimum atomic E-state index is -0.205. The van der Waals surface area contributed by atoms with E-state index in [0.717, 1.165) is 12.8 Å². The molecule has 3 fully saturated rings. The zero-order chi connectivity index (χ0) is 15.9. The van der Waals surface area contributed by atoms with Crippen LogP contribution in [-0.2, 0) is 9.59 Å². The van der Waals surface area contributed by atoms with Crippen molar-refractivity contribution in [2.75, 3.05) is 12.0 Å². The van der Waals surface area contributed by atoms with Gasteiger partial charge in [-0.05, 0) is 48.3 Å². The summed E-state index contributed by atoms with van der Waals surface area (Å²) < 4.78 is 5.33. The fourth-order valence-electron chi connectivity index (χ4n) is 5.15. The summed E-state index contributed by atoms with van der Waals surface area (Å²) in [5.74, 6) is 0.352. The summed E-state index contributed by atoms with van der Waals surface area (Å²) in [5.41, 5.74) is 0.680. The van der Waals surface area contributed by atoms with Gasteiger partial charge in [0.2, 0.25) is 11.8 Å². The number of rotatable bonds is 2. The van der Waals surface area contributed by atoms with Gasteiger partial charge < -0.3 is 4.74 Å². The first-order valence-corrected chi connectivity index (χ1v) is 8.36. The molecule has 0 unspecified atom stereocenters. The second kappa shape index (κ2) is 4.18. The lowest BCUT2D eigenvalue weighted by Gasteiger charge is -2.23. The number of allylic oxidation sites excluding steroid dienone is 2. The number of anilines is 1. The molecular weight excluding hydrogens is 314 g/mol. The number of carbonyl (C=O) groups excluding carboxylic acids is 2. The van der Waals surface area contributed by atoms with Gasteiger partial charge in [-0.2, -0.15) is 0 Å². The highest BCUT2D eigenvalue weighted by atomic mass is 35.5. The van der Waals surface area contributed by atoms with E-state index in [1.807, 2.05) is 0 Å². The smallest absolute Gasteiger partial charge is 0.238 e. The quantitative estimate of drug-likeness (QED) is 0.619. The third-order valence-corrected chi connectivity index (χ3v) is 6.47. The fourth-order valence-corrected chi connectivity index (χ4v) is 5.32. The van der Waals surface area contributed by atoms with E-state index >= 15 is 0 Å². The van der Waals surface area contributed by atoms with Crippen molar-refractivity contribution < 1.29 is 14.3 Å². The van der Waals surface area contributed by atoms with Crippen LogP contribution in [-0.4, -0.2) is 18.9 Å². The van der Waals surface area contributed by atoms with Crippen molar-refractivity contribution in [3.63, 3.8) is 0 Å². The first-order chi connectivity index (χ1) is 11.1. The monoisotopic (exact) mass is 329 g/mol. The SMILES string of the molecule is COc1ccc(Cl)cc1N1C(=O)[C@@H]2[C@H](C1=O)[C@H]1C=C[C@H]2C12CC2. The summed E-state index contributed by atoms with van der Waals surface area (Å²) in [6.45, 7) is 0. The highest BCUT2D eigenvalue weighted by molar-refractivity contribution is 6.31. The maximum absolute atomic E-state index is 13.1. The summed E-state index contributed by atoms with van der Waals surface area (Å²) in [7, 11) is 1.53. The van der Waals surface area contributed by atoms with Crippen molar-refractivity contribution in [1.29, 1.82) is 0 Å². The van der Waals surface area contributed by atoms with Gasteiger partial charge in [0.25, 0.3) is 0 Å². The Balaban J connectivity index is 1.60. The summed E-state index contributed by atoms with van der Waals surface area (Å²) in [4.78, 5) is 27.4. The van der Waals surface area contributed by atoms with Crippen LogP contribution >= 0.6 is 11.6 Å². The number of methoxy groups -OCH3 is 1. The van der Waals surface area contributed by atoms with Crippen LogP contribution in [0.5, 0.6) is 5.75 Å². The summed E-state index contributed by atoms with van der Waals surface area (Å²) >= 11 is 6.08. The minimum Gasteiger partial charge on any atom is -0.495 e. The van der Waals surface area contributed by atoms with Crippen molar-refractivity contribution in [3.8, 4) is 5.75 Å². The lowest BCUT2D eigenvalue weighted by atomic mass is 9.85. The Hall–Kier alpha value is -1.81. The molecule has 0 radical (unpaired) electrons. The van der Waals surface area contributed by atoms with Crippen LogP contribution in [0.4, 0.5) is 5.69 Å². The molecule has 4 nitrogen and oxygen atoms in total. The molecule has 1 saturated heterocycles. The average Bonchev–Trinajstić information content (AvgIpc) is 3.13. The minimum absolute atomic E-state index is 0.0938. The Morgan fingerprint density at radius 3 is 2.26 bits per heavy atom. The molecule has 1 aromatic rings. The van der Waals surface area contributed by atoms with Gasteiger partial charge in [-0.25, -0.2) is 4.90 Å². The Kier molecular flexibility index (Phi) is 2.47. The molecule has 2 bridgehead atoms. The number of amides is 2. The molecular formula is C18H16ClNO3. The molecule has 5 heteroatoms. The van der Waals surface area contributed by atoms with Gasteiger partial charge in [-0.1, -0.05) is 23.8 Å². The number of ether oxygens (including phenoxy) is 1. The van der Waals surface area contributed by atoms with Crippen LogP contribution in [0.1, 0.15) is 12.8 Å². The van der Waals surface area contributed by atoms with Gasteiger partial charge in [0.1, 0.15) is 5.75 Å². The maximum Gasteiger partial charge on any atom is 0.238 e. The van der Waals surface area contributed by atoms with Crippen molar-refractivity contribution >= 4 is 29.1 Å². The lowest BCUT2D eigenvalue weighted by Crippen LogP contribution is -2.35. The molecule has 118 valence electrons. The van der Waals surface area contributed by atoms with Gasteiger partial charge in [0.05, 0.1) is 24.6 Å². The third kappa shape index (κ3) is 1.48. The van der Waals surface area contributed by atoms with Gasteiger partial charge in [0.15, 0.2) is 0 Å². The molecule has 4 aliphatic rings. The van der Waals surface area contributed by atoms with Crippen LogP contribution in [0.25, 0.3) is 0 Å². The number of hydrogen-bond acceptors (Lipinski definition) is 3. The van der Waals surface area contributed by atoms with Crippen molar-refractivity contribution in [1.82, 2.24) is 0 Å². The molecule has 1 aromatic carbocycles. The second-order valence-corrected chi connectivity index (χ2v) is 7.49. The highest BCUT2D eigenvalue weighted by Gasteiger charge is 2.73. The van der Waals surface area contributed by atoms with Crippen LogP contribution in [0.15, 0.2) is 30.4 Å². The molecule has 0 aromatic heterocycles. The zero-order valence-corrected chi connectivity index (χ0v) is 13.4. The number of benzene rings is 1. The van der Waals surface area contributed by atoms with Crippen molar-refractivity contribution in [2.45, 2.75) is 12.8 Å². The number of fused-ring (bicyclic) bond motifs is 3. The molecule has 4 atom stereocenters. The van der Waals surface area contributed by atoms with Crippen LogP contribution in [0.3, 0.4) is 0 Å². The predicted octanol–water partition coefficient (Wildman–Crippen LogP) is 3.05. The number of hydrogen-bond donors (Lipinski definition) is 0. The largest absolute Gasteiger partial charge is 0.495 e. The topological polar surface area (TPSA) is 46.6 Å². The fraction of sp³-hybridized carbons (Fsp3) is 0.444. The Labute approximate surface area is 139 Å². The third-order valence-electron chi connectivity index (χ3n) is 6.23. The zero-order valence-electron chi connectivity index (χ0n) is 12.7. The van der Waals surface area contributed by atoms with Crippen LogP contribution < -0.4 is 9.64 Å². The molecule has 2 amide bonds. The molecule has 3 aliphatic carbocycles. The van der Waals surface area contributed by atoms with E-state index in [0.29, 0.717) is 16.5 Å². The molecule has 1 heterocycles. The Morgan fingerprint density at radius 2 is 1.74 bits per heavy atom. The van der Waals surface area contributed by atoms with Gasteiger partial charge >= 0.3 is 0 Å². The molecule has 2 saturated carbocycles. The normalized spacial score (nSPS) is 35.3. The average molecular weight is 330 g/mol. The molecule has 1 spiro atoms. The number of imide groups is 1.